The summed E-state index contributed by atoms with van der Waals surface area (Å²) in [5.41, 5.74) is -4.94. The summed E-state index contributed by atoms with van der Waals surface area (Å²) < 4.78 is 107. The number of piperidine rings is 1. The maximum Gasteiger partial charge on any atom is 0.511 e. The van der Waals surface area contributed by atoms with Crippen molar-refractivity contribution < 1.29 is 39.5 Å². The summed E-state index contributed by atoms with van der Waals surface area (Å²) in [6.45, 7) is 0.216. The van der Waals surface area contributed by atoms with Crippen LogP contribution < -0.4 is 4.74 Å². The van der Waals surface area contributed by atoms with Gasteiger partial charge in [0, 0.05) is 37.8 Å². The Balaban J connectivity index is 1.47. The number of nitrogens with zero attached hydrogens (tertiary/aromatic N) is 4. The van der Waals surface area contributed by atoms with Gasteiger partial charge in [0.2, 0.25) is 5.88 Å². The Bertz CT molecular complexity index is 1140. The van der Waals surface area contributed by atoms with Crippen LogP contribution in [0, 0.1) is 0 Å². The fraction of sp³-hybridized carbons (Fsp3) is 0.500. The molecule has 2 aromatic rings. The van der Waals surface area contributed by atoms with Gasteiger partial charge in [-0.25, -0.2) is 18.4 Å². The molecule has 0 N–H and O–H groups in total. The van der Waals surface area contributed by atoms with E-state index in [-0.39, 0.29) is 31.3 Å². The molecular weight excluding hydrogens is 490 g/mol. The lowest BCUT2D eigenvalue weighted by atomic mass is 10.00. The van der Waals surface area contributed by atoms with Gasteiger partial charge in [0.15, 0.2) is 0 Å². The second-order valence-corrected chi connectivity index (χ2v) is 9.98. The molecule has 14 heteroatoms. The van der Waals surface area contributed by atoms with Gasteiger partial charge < -0.3 is 4.74 Å². The summed E-state index contributed by atoms with van der Waals surface area (Å²) >= 11 is 0. The second kappa shape index (κ2) is 8.96. The number of alkyl halides is 6. The predicted molar refractivity (Wildman–Crippen MR) is 107 cm³/mol. The largest absolute Gasteiger partial charge is 0.511 e. The minimum absolute atomic E-state index is 0.164. The van der Waals surface area contributed by atoms with E-state index in [1.807, 2.05) is 4.90 Å². The molecule has 1 aromatic carbocycles. The average Bonchev–Trinajstić information content (AvgIpc) is 2.78. The molecule has 7 nitrogen and oxygen atoms in total. The maximum absolute atomic E-state index is 13.0. The number of sulfonamides is 1. The quantitative estimate of drug-likeness (QED) is 0.580. The first-order valence-electron chi connectivity index (χ1n) is 10.3. The zero-order valence-corrected chi connectivity index (χ0v) is 18.4. The topological polar surface area (TPSA) is 75.6 Å². The molecular formula is C20H20F6N4O3S. The molecule has 186 valence electrons. The highest BCUT2D eigenvalue weighted by Crippen LogP contribution is 2.34. The van der Waals surface area contributed by atoms with Gasteiger partial charge in [0.1, 0.15) is 12.1 Å². The van der Waals surface area contributed by atoms with Gasteiger partial charge in [0.25, 0.3) is 0 Å². The van der Waals surface area contributed by atoms with E-state index in [2.05, 4.69) is 9.97 Å². The van der Waals surface area contributed by atoms with E-state index in [0.717, 1.165) is 12.1 Å². The van der Waals surface area contributed by atoms with Crippen molar-refractivity contribution in [2.24, 2.45) is 0 Å². The Morgan fingerprint density at radius 3 is 2.35 bits per heavy atom. The van der Waals surface area contributed by atoms with Crippen molar-refractivity contribution in [2.75, 3.05) is 19.6 Å². The zero-order valence-electron chi connectivity index (χ0n) is 17.6. The van der Waals surface area contributed by atoms with Gasteiger partial charge in [-0.3, -0.25) is 4.90 Å². The monoisotopic (exact) mass is 510 g/mol. The van der Waals surface area contributed by atoms with Crippen LogP contribution in [0.15, 0.2) is 30.6 Å². The highest BCUT2D eigenvalue weighted by molar-refractivity contribution is 7.90. The third-order valence-corrected chi connectivity index (χ3v) is 7.50. The number of aromatic nitrogens is 2. The van der Waals surface area contributed by atoms with Crippen molar-refractivity contribution in [3.63, 3.8) is 0 Å². The molecule has 0 radical (unpaired) electrons. The minimum atomic E-state index is -5.39. The van der Waals surface area contributed by atoms with Crippen molar-refractivity contribution in [1.29, 1.82) is 0 Å². The molecule has 1 atom stereocenters. The molecule has 4 rings (SSSR count). The van der Waals surface area contributed by atoms with Crippen LogP contribution in [-0.4, -0.2) is 58.8 Å². The Kier molecular flexibility index (Phi) is 6.50. The Morgan fingerprint density at radius 2 is 1.71 bits per heavy atom. The van der Waals surface area contributed by atoms with Crippen molar-refractivity contribution >= 4 is 10.0 Å². The van der Waals surface area contributed by atoms with Crippen LogP contribution in [0.5, 0.6) is 11.6 Å². The maximum atomic E-state index is 13.0. The van der Waals surface area contributed by atoms with Crippen LogP contribution >= 0.6 is 0 Å². The standard InChI is InChI=1S/C20H20F6N4O3S/c21-19(22,23)13-3-5-15(6-4-13)33-18-16-7-9-29(11-17(16)27-12-28-18)14-2-1-8-30(10-14)34(31,32)20(24,25)26/h3-6,12,14H,1-2,7-11H2. The SMILES string of the molecule is O=S(=O)(N1CCCC(N2CCc3c(ncnc3Oc3ccc(C(F)(F)F)cc3)C2)C1)C(F)(F)F. The van der Waals surface area contributed by atoms with Crippen molar-refractivity contribution in [1.82, 2.24) is 19.2 Å². The van der Waals surface area contributed by atoms with Gasteiger partial charge in [-0.05, 0) is 43.5 Å². The highest BCUT2D eigenvalue weighted by atomic mass is 32.2. The smallest absolute Gasteiger partial charge is 0.439 e. The number of halogens is 6. The van der Waals surface area contributed by atoms with Gasteiger partial charge >= 0.3 is 21.7 Å². The molecule has 1 fully saturated rings. The van der Waals surface area contributed by atoms with Crippen LogP contribution in [0.4, 0.5) is 26.3 Å². The lowest BCUT2D eigenvalue weighted by Gasteiger charge is -2.40. The number of ether oxygens (including phenoxy) is 1. The zero-order chi connectivity index (χ0) is 24.7. The van der Waals surface area contributed by atoms with Crippen LogP contribution in [-0.2, 0) is 29.2 Å². The average molecular weight is 510 g/mol. The molecule has 0 amide bonds. The lowest BCUT2D eigenvalue weighted by Crippen LogP contribution is -2.53. The van der Waals surface area contributed by atoms with E-state index in [4.69, 9.17) is 4.74 Å². The van der Waals surface area contributed by atoms with E-state index in [0.29, 0.717) is 41.4 Å². The van der Waals surface area contributed by atoms with E-state index in [1.54, 1.807) is 0 Å². The van der Waals surface area contributed by atoms with E-state index < -0.39 is 33.3 Å². The Labute approximate surface area is 191 Å². The molecule has 34 heavy (non-hydrogen) atoms. The number of rotatable bonds is 4. The fourth-order valence-corrected chi connectivity index (χ4v) is 5.18. The van der Waals surface area contributed by atoms with Gasteiger partial charge in [-0.1, -0.05) is 0 Å². The van der Waals surface area contributed by atoms with Crippen molar-refractivity contribution in [3.05, 3.63) is 47.4 Å². The third-order valence-electron chi connectivity index (χ3n) is 5.90. The number of fused-ring (bicyclic) bond motifs is 1. The highest BCUT2D eigenvalue weighted by Gasteiger charge is 2.51. The summed E-state index contributed by atoms with van der Waals surface area (Å²) in [6.07, 6.45) is -2.00. The molecule has 2 aliphatic heterocycles. The number of hydrogen-bond donors (Lipinski definition) is 0. The molecule has 0 spiro atoms. The molecule has 1 unspecified atom stereocenters. The molecule has 2 aliphatic rings. The molecule has 1 saturated heterocycles. The molecule has 1 aromatic heterocycles. The van der Waals surface area contributed by atoms with Crippen molar-refractivity contribution in [2.45, 2.75) is 43.5 Å². The number of hydrogen-bond acceptors (Lipinski definition) is 6. The molecule has 0 aliphatic carbocycles. The summed E-state index contributed by atoms with van der Waals surface area (Å²) in [5.74, 6) is 0.353. The summed E-state index contributed by atoms with van der Waals surface area (Å²) in [6, 6.07) is 3.76. The molecule has 0 bridgehead atoms. The Morgan fingerprint density at radius 1 is 1.00 bits per heavy atom. The lowest BCUT2D eigenvalue weighted by molar-refractivity contribution is -0.137. The predicted octanol–water partition coefficient (Wildman–Crippen LogP) is 3.96. The van der Waals surface area contributed by atoms with Crippen molar-refractivity contribution in [3.8, 4) is 11.6 Å². The van der Waals surface area contributed by atoms with Crippen LogP contribution in [0.2, 0.25) is 0 Å². The first kappa shape index (κ1) is 24.7. The summed E-state index contributed by atoms with van der Waals surface area (Å²) in [5, 5.41) is 0. The first-order valence-corrected chi connectivity index (χ1v) is 11.8. The first-order chi connectivity index (χ1) is 15.9. The summed E-state index contributed by atoms with van der Waals surface area (Å²) in [4.78, 5) is 10.2. The van der Waals surface area contributed by atoms with Gasteiger partial charge in [-0.2, -0.15) is 30.6 Å². The molecule has 3 heterocycles. The van der Waals surface area contributed by atoms with Crippen LogP contribution in [0.1, 0.15) is 29.7 Å². The van der Waals surface area contributed by atoms with Crippen LogP contribution in [0.3, 0.4) is 0 Å². The van der Waals surface area contributed by atoms with Gasteiger partial charge in [0.05, 0.1) is 11.3 Å². The number of benzene rings is 1. The van der Waals surface area contributed by atoms with E-state index >= 15 is 0 Å². The fourth-order valence-electron chi connectivity index (χ4n) is 4.15. The van der Waals surface area contributed by atoms with E-state index in [9.17, 15) is 34.8 Å². The Hall–Kier alpha value is -2.45. The summed E-state index contributed by atoms with van der Waals surface area (Å²) in [7, 11) is -5.39. The normalized spacial score (nSPS) is 20.7. The minimum Gasteiger partial charge on any atom is -0.439 e. The van der Waals surface area contributed by atoms with Crippen LogP contribution in [0.25, 0.3) is 0 Å². The molecule has 0 saturated carbocycles. The second-order valence-electron chi connectivity index (χ2n) is 8.05. The van der Waals surface area contributed by atoms with Gasteiger partial charge in [-0.15, -0.1) is 0 Å². The van der Waals surface area contributed by atoms with E-state index in [1.165, 1.54) is 18.5 Å². The third kappa shape index (κ3) is 4.98.